The summed E-state index contributed by atoms with van der Waals surface area (Å²) in [7, 11) is 0. The summed E-state index contributed by atoms with van der Waals surface area (Å²) in [5, 5.41) is 4.63. The topological polar surface area (TPSA) is 53.2 Å². The summed E-state index contributed by atoms with van der Waals surface area (Å²) in [5.41, 5.74) is 0.955. The Balaban J connectivity index is 0.00000225. The van der Waals surface area contributed by atoms with Crippen molar-refractivity contribution in [3.05, 3.63) is 36.1 Å². The Kier molecular flexibility index (Phi) is 7.99. The summed E-state index contributed by atoms with van der Waals surface area (Å²) in [6.45, 7) is 9.71. The predicted octanol–water partition coefficient (Wildman–Crippen LogP) is 2.97. The highest BCUT2D eigenvalue weighted by molar-refractivity contribution is 14.0. The van der Waals surface area contributed by atoms with Gasteiger partial charge in [-0.05, 0) is 25.5 Å². The van der Waals surface area contributed by atoms with E-state index in [2.05, 4.69) is 34.2 Å². The molecule has 2 aliphatic rings. The number of nitrogens with one attached hydrogen (secondary N) is 1. The van der Waals surface area contributed by atoms with Gasteiger partial charge in [0.05, 0.1) is 13.2 Å². The molecule has 2 fully saturated rings. The van der Waals surface area contributed by atoms with Gasteiger partial charge in [0.15, 0.2) is 5.96 Å². The average Bonchev–Trinajstić information content (AvgIpc) is 3.35. The molecule has 28 heavy (non-hydrogen) atoms. The first-order valence-electron chi connectivity index (χ1n) is 10.2. The van der Waals surface area contributed by atoms with E-state index in [4.69, 9.17) is 14.1 Å². The summed E-state index contributed by atoms with van der Waals surface area (Å²) in [5.74, 6) is 2.03. The molecule has 1 aromatic carbocycles. The van der Waals surface area contributed by atoms with Crippen LogP contribution in [-0.4, -0.2) is 74.3 Å². The Morgan fingerprint density at radius 1 is 1.21 bits per heavy atom. The fraction of sp³-hybridized carbons (Fsp3) is 0.571. The first-order valence-corrected chi connectivity index (χ1v) is 10.2. The largest absolute Gasteiger partial charge is 0.461 e. The minimum atomic E-state index is 0. The van der Waals surface area contributed by atoms with Crippen LogP contribution < -0.4 is 5.32 Å². The lowest BCUT2D eigenvalue weighted by Crippen LogP contribution is -2.46. The van der Waals surface area contributed by atoms with E-state index in [1.54, 1.807) is 0 Å². The molecule has 6 nitrogen and oxygen atoms in total. The molecule has 1 unspecified atom stereocenters. The van der Waals surface area contributed by atoms with Crippen molar-refractivity contribution in [1.29, 1.82) is 0 Å². The number of aliphatic imine (C=N–C) groups is 1. The number of hydrogen-bond acceptors (Lipinski definition) is 4. The number of nitrogens with zero attached hydrogens (tertiary/aromatic N) is 3. The second-order valence-corrected chi connectivity index (χ2v) is 7.27. The van der Waals surface area contributed by atoms with Crippen LogP contribution in [0.3, 0.4) is 0 Å². The molecule has 2 aliphatic heterocycles. The highest BCUT2D eigenvalue weighted by Gasteiger charge is 2.30. The maximum absolute atomic E-state index is 5.91. The zero-order valence-electron chi connectivity index (χ0n) is 16.6. The Morgan fingerprint density at radius 2 is 2.04 bits per heavy atom. The van der Waals surface area contributed by atoms with E-state index < -0.39 is 0 Å². The first kappa shape index (κ1) is 21.4. The molecule has 0 amide bonds. The van der Waals surface area contributed by atoms with Crippen molar-refractivity contribution in [2.24, 2.45) is 4.99 Å². The second-order valence-electron chi connectivity index (χ2n) is 7.27. The zero-order chi connectivity index (χ0) is 18.5. The van der Waals surface area contributed by atoms with Crippen molar-refractivity contribution in [3.63, 3.8) is 0 Å². The van der Waals surface area contributed by atoms with E-state index in [1.807, 2.05) is 18.2 Å². The fourth-order valence-corrected chi connectivity index (χ4v) is 4.03. The number of morpholine rings is 1. The number of rotatable bonds is 5. The normalized spacial score (nSPS) is 21.1. The minimum absolute atomic E-state index is 0. The monoisotopic (exact) mass is 498 g/mol. The summed E-state index contributed by atoms with van der Waals surface area (Å²) in [6.07, 6.45) is 2.03. The van der Waals surface area contributed by atoms with Crippen molar-refractivity contribution in [2.45, 2.75) is 25.8 Å². The van der Waals surface area contributed by atoms with Crippen LogP contribution in [0.2, 0.25) is 0 Å². The van der Waals surface area contributed by atoms with Crippen LogP contribution in [0.15, 0.2) is 39.7 Å². The molecule has 1 atom stereocenters. The van der Waals surface area contributed by atoms with Crippen molar-refractivity contribution < 1.29 is 9.15 Å². The van der Waals surface area contributed by atoms with Gasteiger partial charge in [0, 0.05) is 57.1 Å². The third-order valence-electron chi connectivity index (χ3n) is 5.46. The van der Waals surface area contributed by atoms with E-state index >= 15 is 0 Å². The molecule has 154 valence electrons. The van der Waals surface area contributed by atoms with Crippen molar-refractivity contribution in [1.82, 2.24) is 15.1 Å². The van der Waals surface area contributed by atoms with E-state index in [9.17, 15) is 0 Å². The van der Waals surface area contributed by atoms with E-state index in [0.29, 0.717) is 6.04 Å². The molecule has 0 aliphatic carbocycles. The lowest BCUT2D eigenvalue weighted by molar-refractivity contribution is 0.0195. The molecule has 0 radical (unpaired) electrons. The van der Waals surface area contributed by atoms with Crippen molar-refractivity contribution in [3.8, 4) is 0 Å². The second kappa shape index (κ2) is 10.5. The third-order valence-corrected chi connectivity index (χ3v) is 5.46. The molecule has 7 heteroatoms. The smallest absolute Gasteiger partial charge is 0.193 e. The molecule has 4 rings (SSSR count). The van der Waals surface area contributed by atoms with Gasteiger partial charge >= 0.3 is 0 Å². The maximum Gasteiger partial charge on any atom is 0.193 e. The van der Waals surface area contributed by atoms with Crippen LogP contribution in [0.1, 0.15) is 19.1 Å². The van der Waals surface area contributed by atoms with Crippen molar-refractivity contribution in [2.75, 3.05) is 52.5 Å². The number of guanidine groups is 1. The standard InChI is InChI=1S/C21H30N4O2.HI/c1-2-22-21(25-10-8-18(16-25)24-11-13-26-14-12-24)23-9-7-19-15-17-5-3-4-6-20(17)27-19;/h3-6,15,18H,2,7-14,16H2,1H3,(H,22,23);1H. The van der Waals surface area contributed by atoms with Gasteiger partial charge in [-0.1, -0.05) is 18.2 Å². The molecule has 0 bridgehead atoms. The van der Waals surface area contributed by atoms with Crippen LogP contribution in [-0.2, 0) is 11.2 Å². The predicted molar refractivity (Wildman–Crippen MR) is 124 cm³/mol. The number of hydrogen-bond donors (Lipinski definition) is 1. The van der Waals surface area contributed by atoms with Crippen molar-refractivity contribution >= 4 is 40.9 Å². The van der Waals surface area contributed by atoms with Crippen LogP contribution in [0.25, 0.3) is 11.0 Å². The molecule has 1 aromatic heterocycles. The summed E-state index contributed by atoms with van der Waals surface area (Å²) < 4.78 is 11.4. The van der Waals surface area contributed by atoms with E-state index in [0.717, 1.165) is 81.6 Å². The molecule has 2 saturated heterocycles. The average molecular weight is 498 g/mol. The van der Waals surface area contributed by atoms with Gasteiger partial charge < -0.3 is 19.4 Å². The number of furan rings is 1. The Morgan fingerprint density at radius 3 is 2.82 bits per heavy atom. The van der Waals surface area contributed by atoms with Gasteiger partial charge in [0.1, 0.15) is 11.3 Å². The first-order chi connectivity index (χ1) is 13.3. The SMILES string of the molecule is CCNC(=NCCc1cc2ccccc2o1)N1CCC(N2CCOCC2)C1.I. The molecule has 3 heterocycles. The minimum Gasteiger partial charge on any atom is -0.461 e. The highest BCUT2D eigenvalue weighted by atomic mass is 127. The summed E-state index contributed by atoms with van der Waals surface area (Å²) in [6, 6.07) is 10.9. The Labute approximate surface area is 184 Å². The van der Waals surface area contributed by atoms with Gasteiger partial charge in [0.25, 0.3) is 0 Å². The number of halogens is 1. The highest BCUT2D eigenvalue weighted by Crippen LogP contribution is 2.20. The van der Waals surface area contributed by atoms with Gasteiger partial charge in [-0.3, -0.25) is 9.89 Å². The van der Waals surface area contributed by atoms with Gasteiger partial charge in [0.2, 0.25) is 0 Å². The number of benzene rings is 1. The van der Waals surface area contributed by atoms with Gasteiger partial charge in [-0.15, -0.1) is 24.0 Å². The maximum atomic E-state index is 5.91. The number of para-hydroxylation sites is 1. The number of likely N-dealkylation sites (tertiary alicyclic amines) is 1. The molecule has 1 N–H and O–H groups in total. The van der Waals surface area contributed by atoms with E-state index in [1.165, 1.54) is 6.42 Å². The van der Waals surface area contributed by atoms with Gasteiger partial charge in [-0.2, -0.15) is 0 Å². The summed E-state index contributed by atoms with van der Waals surface area (Å²) >= 11 is 0. The number of fused-ring (bicyclic) bond motifs is 1. The van der Waals surface area contributed by atoms with E-state index in [-0.39, 0.29) is 24.0 Å². The lowest BCUT2D eigenvalue weighted by Gasteiger charge is -2.32. The zero-order valence-corrected chi connectivity index (χ0v) is 18.9. The van der Waals surface area contributed by atoms with Crippen LogP contribution >= 0.6 is 24.0 Å². The Hall–Kier alpha value is -1.32. The molecule has 0 spiro atoms. The summed E-state index contributed by atoms with van der Waals surface area (Å²) in [4.78, 5) is 9.84. The lowest BCUT2D eigenvalue weighted by atomic mass is 10.2. The quantitative estimate of drug-likeness (QED) is 0.391. The van der Waals surface area contributed by atoms with Crippen LogP contribution in [0.5, 0.6) is 0 Å². The molecular formula is C21H31IN4O2. The number of ether oxygens (including phenoxy) is 1. The fourth-order valence-electron chi connectivity index (χ4n) is 4.03. The molecular weight excluding hydrogens is 467 g/mol. The van der Waals surface area contributed by atoms with Crippen LogP contribution in [0, 0.1) is 0 Å². The molecule has 2 aromatic rings. The Bertz CT molecular complexity index is 740. The van der Waals surface area contributed by atoms with Crippen LogP contribution in [0.4, 0.5) is 0 Å². The van der Waals surface area contributed by atoms with Gasteiger partial charge in [-0.25, -0.2) is 0 Å². The third kappa shape index (κ3) is 5.18. The molecule has 0 saturated carbocycles.